The largest absolute Gasteiger partial charge is 0.368 e. The Kier molecular flexibility index (Phi) is 4.48. The van der Waals surface area contributed by atoms with Crippen LogP contribution in [0.2, 0.25) is 0 Å². The van der Waals surface area contributed by atoms with Crippen LogP contribution in [0, 0.1) is 0 Å². The first-order valence-electron chi connectivity index (χ1n) is 4.80. The Labute approximate surface area is 102 Å². The van der Waals surface area contributed by atoms with Crippen LogP contribution in [-0.2, 0) is 4.79 Å². The van der Waals surface area contributed by atoms with E-state index in [1.165, 1.54) is 0 Å². The summed E-state index contributed by atoms with van der Waals surface area (Å²) in [6.45, 7) is 2.71. The van der Waals surface area contributed by atoms with Crippen molar-refractivity contribution in [3.63, 3.8) is 0 Å². The Hall–Kier alpha value is -1.37. The summed E-state index contributed by atoms with van der Waals surface area (Å²) in [4.78, 5) is 21.0. The number of nitrogen functional groups attached to an aromatic ring is 1. The van der Waals surface area contributed by atoms with E-state index in [0.29, 0.717) is 16.8 Å². The normalized spacial score (nSPS) is 9.94. The molecule has 6 nitrogen and oxygen atoms in total. The average Bonchev–Trinajstić information content (AvgIpc) is 2.21. The number of hydrogen-bond donors (Lipinski definition) is 2. The Bertz CT molecular complexity index is 384. The molecule has 16 heavy (non-hydrogen) atoms. The minimum absolute atomic E-state index is 0.0610. The fraction of sp³-hybridized carbons (Fsp3) is 0.444. The molecular formula is C9H14BrN5O. The molecule has 1 amide bonds. The molecule has 0 aromatic carbocycles. The molecule has 0 spiro atoms. The van der Waals surface area contributed by atoms with Crippen molar-refractivity contribution in [1.82, 2.24) is 15.3 Å². The third-order valence-electron chi connectivity index (χ3n) is 1.86. The van der Waals surface area contributed by atoms with Crippen molar-refractivity contribution in [3.05, 3.63) is 10.7 Å². The third kappa shape index (κ3) is 3.34. The molecule has 0 radical (unpaired) electrons. The smallest absolute Gasteiger partial charge is 0.239 e. The predicted molar refractivity (Wildman–Crippen MR) is 66.1 cm³/mol. The van der Waals surface area contributed by atoms with Gasteiger partial charge in [0.2, 0.25) is 11.9 Å². The highest BCUT2D eigenvalue weighted by atomic mass is 79.9. The number of nitrogens with zero attached hydrogens (tertiary/aromatic N) is 3. The van der Waals surface area contributed by atoms with Crippen LogP contribution in [0.25, 0.3) is 0 Å². The first kappa shape index (κ1) is 12.7. The topological polar surface area (TPSA) is 84.1 Å². The molecular weight excluding hydrogens is 274 g/mol. The van der Waals surface area contributed by atoms with Gasteiger partial charge < -0.3 is 16.0 Å². The number of hydrogen-bond acceptors (Lipinski definition) is 5. The van der Waals surface area contributed by atoms with E-state index in [-0.39, 0.29) is 18.4 Å². The molecule has 1 heterocycles. The average molecular weight is 288 g/mol. The van der Waals surface area contributed by atoms with Crippen molar-refractivity contribution in [2.75, 3.05) is 30.8 Å². The number of carbonyl (C=O) groups is 1. The van der Waals surface area contributed by atoms with Crippen LogP contribution in [-0.4, -0.2) is 36.0 Å². The molecule has 1 rings (SSSR count). The second kappa shape index (κ2) is 5.64. The fourth-order valence-electron chi connectivity index (χ4n) is 1.18. The summed E-state index contributed by atoms with van der Waals surface area (Å²) >= 11 is 3.31. The summed E-state index contributed by atoms with van der Waals surface area (Å²) in [5, 5.41) is 2.71. The molecule has 7 heteroatoms. The molecule has 0 bridgehead atoms. The fourth-order valence-corrected chi connectivity index (χ4v) is 1.68. The molecule has 3 N–H and O–H groups in total. The number of carbonyl (C=O) groups excluding carboxylic acids is 1. The lowest BCUT2D eigenvalue weighted by Gasteiger charge is -2.18. The van der Waals surface area contributed by atoms with Crippen LogP contribution >= 0.6 is 15.9 Å². The lowest BCUT2D eigenvalue weighted by Crippen LogP contribution is -2.35. The van der Waals surface area contributed by atoms with Crippen molar-refractivity contribution < 1.29 is 4.79 Å². The van der Waals surface area contributed by atoms with E-state index in [0.717, 1.165) is 0 Å². The van der Waals surface area contributed by atoms with Crippen LogP contribution in [0.5, 0.6) is 0 Å². The molecule has 1 aromatic rings. The van der Waals surface area contributed by atoms with Crippen molar-refractivity contribution in [2.24, 2.45) is 0 Å². The molecule has 0 saturated heterocycles. The summed E-state index contributed by atoms with van der Waals surface area (Å²) in [7, 11) is 1.77. The van der Waals surface area contributed by atoms with Crippen LogP contribution in [0.15, 0.2) is 10.7 Å². The van der Waals surface area contributed by atoms with E-state index in [9.17, 15) is 4.79 Å². The summed E-state index contributed by atoms with van der Waals surface area (Å²) in [5.41, 5.74) is 5.48. The van der Waals surface area contributed by atoms with Gasteiger partial charge in [-0.2, -0.15) is 4.98 Å². The summed E-state index contributed by atoms with van der Waals surface area (Å²) in [5.74, 6) is 0.716. The van der Waals surface area contributed by atoms with Gasteiger partial charge in [0.1, 0.15) is 5.82 Å². The van der Waals surface area contributed by atoms with Gasteiger partial charge in [0.25, 0.3) is 0 Å². The Morgan fingerprint density at radius 1 is 1.69 bits per heavy atom. The van der Waals surface area contributed by atoms with Crippen LogP contribution in [0.4, 0.5) is 11.8 Å². The quantitative estimate of drug-likeness (QED) is 0.837. The first-order chi connectivity index (χ1) is 7.54. The molecule has 0 unspecified atom stereocenters. The van der Waals surface area contributed by atoms with Crippen molar-refractivity contribution >= 4 is 33.6 Å². The standard InChI is InChI=1S/C9H14BrN5O/c1-3-12-7(16)5-15(2)8-6(10)4-13-9(11)14-8/h4H,3,5H2,1-2H3,(H,12,16)(H2,11,13,14). The van der Waals surface area contributed by atoms with Gasteiger partial charge in [-0.3, -0.25) is 4.79 Å². The predicted octanol–water partition coefficient (Wildman–Crippen LogP) is 0.394. The molecule has 0 saturated carbocycles. The van der Waals surface area contributed by atoms with Gasteiger partial charge in [-0.15, -0.1) is 0 Å². The summed E-state index contributed by atoms with van der Waals surface area (Å²) in [6, 6.07) is 0. The van der Waals surface area contributed by atoms with Crippen LogP contribution in [0.3, 0.4) is 0 Å². The first-order valence-corrected chi connectivity index (χ1v) is 5.59. The van der Waals surface area contributed by atoms with E-state index in [4.69, 9.17) is 5.73 Å². The number of halogens is 1. The number of nitrogens with two attached hydrogens (primary N) is 1. The maximum Gasteiger partial charge on any atom is 0.239 e. The SMILES string of the molecule is CCNC(=O)CN(C)c1nc(N)ncc1Br. The molecule has 0 aliphatic heterocycles. The Balaban J connectivity index is 2.76. The maximum atomic E-state index is 11.4. The van der Waals surface area contributed by atoms with Gasteiger partial charge in [0.15, 0.2) is 0 Å². The summed E-state index contributed by atoms with van der Waals surface area (Å²) < 4.78 is 0.702. The van der Waals surface area contributed by atoms with Gasteiger partial charge >= 0.3 is 0 Å². The van der Waals surface area contributed by atoms with E-state index in [1.54, 1.807) is 18.1 Å². The maximum absolute atomic E-state index is 11.4. The zero-order valence-electron chi connectivity index (χ0n) is 9.20. The van der Waals surface area contributed by atoms with Crippen LogP contribution in [0.1, 0.15) is 6.92 Å². The zero-order valence-corrected chi connectivity index (χ0v) is 10.8. The number of anilines is 2. The zero-order chi connectivity index (χ0) is 12.1. The number of likely N-dealkylation sites (N-methyl/N-ethyl adjacent to an activating group) is 2. The van der Waals surface area contributed by atoms with Gasteiger partial charge in [-0.05, 0) is 22.9 Å². The van der Waals surface area contributed by atoms with Crippen LogP contribution < -0.4 is 16.0 Å². The van der Waals surface area contributed by atoms with E-state index in [2.05, 4.69) is 31.2 Å². The lowest BCUT2D eigenvalue weighted by atomic mass is 10.4. The molecule has 0 atom stereocenters. The third-order valence-corrected chi connectivity index (χ3v) is 2.42. The summed E-state index contributed by atoms with van der Waals surface area (Å²) in [6.07, 6.45) is 1.56. The van der Waals surface area contributed by atoms with Gasteiger partial charge in [-0.25, -0.2) is 4.98 Å². The number of aromatic nitrogens is 2. The second-order valence-electron chi connectivity index (χ2n) is 3.21. The van der Waals surface area contributed by atoms with E-state index < -0.39 is 0 Å². The molecule has 0 aliphatic rings. The minimum Gasteiger partial charge on any atom is -0.368 e. The van der Waals surface area contributed by atoms with Crippen molar-refractivity contribution in [2.45, 2.75) is 6.92 Å². The molecule has 1 aromatic heterocycles. The van der Waals surface area contributed by atoms with Crippen molar-refractivity contribution in [1.29, 1.82) is 0 Å². The minimum atomic E-state index is -0.0610. The van der Waals surface area contributed by atoms with Gasteiger partial charge in [0, 0.05) is 19.8 Å². The Morgan fingerprint density at radius 2 is 2.38 bits per heavy atom. The highest BCUT2D eigenvalue weighted by Gasteiger charge is 2.11. The number of nitrogens with one attached hydrogen (secondary N) is 1. The monoisotopic (exact) mass is 287 g/mol. The Morgan fingerprint density at radius 3 is 3.00 bits per heavy atom. The highest BCUT2D eigenvalue weighted by molar-refractivity contribution is 9.10. The molecule has 0 aliphatic carbocycles. The van der Waals surface area contributed by atoms with E-state index >= 15 is 0 Å². The van der Waals surface area contributed by atoms with E-state index in [1.807, 2.05) is 6.92 Å². The molecule has 88 valence electrons. The van der Waals surface area contributed by atoms with Gasteiger partial charge in [-0.1, -0.05) is 0 Å². The van der Waals surface area contributed by atoms with Gasteiger partial charge in [0.05, 0.1) is 11.0 Å². The lowest BCUT2D eigenvalue weighted by molar-refractivity contribution is -0.119. The number of amides is 1. The number of rotatable bonds is 4. The van der Waals surface area contributed by atoms with Crippen molar-refractivity contribution in [3.8, 4) is 0 Å². The highest BCUT2D eigenvalue weighted by Crippen LogP contribution is 2.22. The molecule has 0 fully saturated rings. The second-order valence-corrected chi connectivity index (χ2v) is 4.06.